The highest BCUT2D eigenvalue weighted by Gasteiger charge is 2.41. The zero-order valence-electron chi connectivity index (χ0n) is 22.2. The summed E-state index contributed by atoms with van der Waals surface area (Å²) in [7, 11) is 3.95. The van der Waals surface area contributed by atoms with Gasteiger partial charge in [-0.25, -0.2) is 19.3 Å². The standard InChI is InChI=1S/C27H34FN7O3S/c1-35(2)9-10-38-23-6-4-17-3-5-20(28)19(24(17)34-23)7-8-27(16-30-13-21(27)36)15-29-11-18-12-31-26-25(32-18)33-22(37)14-39-26/h3-6,12,21,29-30,36H,7-11,13-16H2,1-2H3,(H,32,33,37)/t21-,27+/m1/s1. The lowest BCUT2D eigenvalue weighted by Gasteiger charge is -2.32. The van der Waals surface area contributed by atoms with Crippen molar-refractivity contribution in [2.75, 3.05) is 58.0 Å². The first-order valence-electron chi connectivity index (χ1n) is 13.1. The number of pyridine rings is 1. The number of halogens is 1. The molecule has 12 heteroatoms. The van der Waals surface area contributed by atoms with E-state index < -0.39 is 11.5 Å². The van der Waals surface area contributed by atoms with Crippen LogP contribution in [0.3, 0.4) is 0 Å². The lowest BCUT2D eigenvalue weighted by atomic mass is 9.78. The Morgan fingerprint density at radius 1 is 1.28 bits per heavy atom. The van der Waals surface area contributed by atoms with E-state index in [1.165, 1.54) is 17.8 Å². The maximum Gasteiger partial charge on any atom is 0.236 e. The van der Waals surface area contributed by atoms with Gasteiger partial charge in [-0.3, -0.25) is 4.79 Å². The Hall–Kier alpha value is -2.90. The third-order valence-electron chi connectivity index (χ3n) is 7.24. The Balaban J connectivity index is 1.28. The molecule has 0 saturated carbocycles. The van der Waals surface area contributed by atoms with Crippen LogP contribution in [0.5, 0.6) is 5.88 Å². The molecule has 4 N–H and O–H groups in total. The van der Waals surface area contributed by atoms with Crippen LogP contribution in [0.1, 0.15) is 17.7 Å². The number of fused-ring (bicyclic) bond motifs is 2. The summed E-state index contributed by atoms with van der Waals surface area (Å²) in [4.78, 5) is 27.3. The van der Waals surface area contributed by atoms with Crippen molar-refractivity contribution in [1.82, 2.24) is 30.5 Å². The van der Waals surface area contributed by atoms with Crippen LogP contribution in [0.4, 0.5) is 10.2 Å². The number of anilines is 1. The van der Waals surface area contributed by atoms with E-state index in [-0.39, 0.29) is 11.7 Å². The van der Waals surface area contributed by atoms with Gasteiger partial charge in [0, 0.05) is 55.2 Å². The van der Waals surface area contributed by atoms with E-state index in [9.17, 15) is 9.90 Å². The number of benzene rings is 1. The number of aromatic nitrogens is 3. The molecule has 2 atom stereocenters. The number of aryl methyl sites for hydroxylation is 1. The third-order valence-corrected chi connectivity index (χ3v) is 8.22. The number of aliphatic hydroxyl groups is 1. The molecule has 3 aromatic rings. The quantitative estimate of drug-likeness (QED) is 0.279. The fourth-order valence-corrected chi connectivity index (χ4v) is 5.67. The van der Waals surface area contributed by atoms with Gasteiger partial charge in [-0.05, 0) is 45.1 Å². The molecule has 5 rings (SSSR count). The van der Waals surface area contributed by atoms with Crippen LogP contribution in [0.15, 0.2) is 35.5 Å². The first kappa shape index (κ1) is 27.7. The van der Waals surface area contributed by atoms with Crippen LogP contribution in [-0.2, 0) is 17.8 Å². The molecule has 39 heavy (non-hydrogen) atoms. The van der Waals surface area contributed by atoms with Gasteiger partial charge in [-0.1, -0.05) is 11.8 Å². The van der Waals surface area contributed by atoms with Crippen molar-refractivity contribution >= 4 is 34.4 Å². The minimum atomic E-state index is -0.591. The van der Waals surface area contributed by atoms with Crippen molar-refractivity contribution in [2.45, 2.75) is 30.5 Å². The molecule has 0 spiro atoms. The molecule has 2 aliphatic heterocycles. The predicted octanol–water partition coefficient (Wildman–Crippen LogP) is 1.82. The summed E-state index contributed by atoms with van der Waals surface area (Å²) < 4.78 is 20.9. The summed E-state index contributed by atoms with van der Waals surface area (Å²) >= 11 is 1.37. The Bertz CT molecular complexity index is 1340. The van der Waals surface area contributed by atoms with Gasteiger partial charge in [0.15, 0.2) is 5.82 Å². The molecule has 0 radical (unpaired) electrons. The minimum absolute atomic E-state index is 0.0894. The highest BCUT2D eigenvalue weighted by molar-refractivity contribution is 8.00. The number of carbonyl (C=O) groups is 1. The Kier molecular flexibility index (Phi) is 8.57. The van der Waals surface area contributed by atoms with E-state index in [1.54, 1.807) is 12.3 Å². The maximum absolute atomic E-state index is 15.1. The summed E-state index contributed by atoms with van der Waals surface area (Å²) in [6, 6.07) is 6.92. The van der Waals surface area contributed by atoms with Crippen LogP contribution in [-0.4, -0.2) is 89.6 Å². The molecule has 0 aliphatic carbocycles. The van der Waals surface area contributed by atoms with E-state index in [0.29, 0.717) is 84.9 Å². The number of rotatable bonds is 11. The number of hydrogen-bond acceptors (Lipinski definition) is 10. The zero-order valence-corrected chi connectivity index (χ0v) is 23.0. The molecule has 4 heterocycles. The summed E-state index contributed by atoms with van der Waals surface area (Å²) in [6.07, 6.45) is 2.08. The molecule has 0 bridgehead atoms. The molecular weight excluding hydrogens is 521 g/mol. The van der Waals surface area contributed by atoms with Crippen molar-refractivity contribution < 1.29 is 19.0 Å². The number of thioether (sulfide) groups is 1. The second-order valence-corrected chi connectivity index (χ2v) is 11.3. The predicted molar refractivity (Wildman–Crippen MR) is 148 cm³/mol. The summed E-state index contributed by atoms with van der Waals surface area (Å²) in [5.41, 5.74) is 1.31. The fourth-order valence-electron chi connectivity index (χ4n) is 4.97. The molecule has 1 aromatic carbocycles. The fraction of sp³-hybridized carbons (Fsp3) is 0.481. The van der Waals surface area contributed by atoms with E-state index >= 15 is 4.39 Å². The average molecular weight is 556 g/mol. The van der Waals surface area contributed by atoms with Gasteiger partial charge in [0.1, 0.15) is 17.5 Å². The number of nitrogens with one attached hydrogen (secondary N) is 3. The average Bonchev–Trinajstić information content (AvgIpc) is 3.27. The highest BCUT2D eigenvalue weighted by Crippen LogP contribution is 2.34. The van der Waals surface area contributed by atoms with Crippen molar-refractivity contribution in [3.8, 4) is 5.88 Å². The van der Waals surface area contributed by atoms with Crippen LogP contribution >= 0.6 is 11.8 Å². The molecule has 1 fully saturated rings. The number of carbonyl (C=O) groups excluding carboxylic acids is 1. The topological polar surface area (TPSA) is 125 Å². The Morgan fingerprint density at radius 2 is 2.13 bits per heavy atom. The number of nitrogens with zero attached hydrogens (tertiary/aromatic N) is 4. The lowest BCUT2D eigenvalue weighted by Crippen LogP contribution is -2.43. The molecule has 10 nitrogen and oxygen atoms in total. The maximum atomic E-state index is 15.1. The number of hydrogen-bond donors (Lipinski definition) is 4. The highest BCUT2D eigenvalue weighted by atomic mass is 32.2. The van der Waals surface area contributed by atoms with Gasteiger partial charge in [-0.2, -0.15) is 0 Å². The summed E-state index contributed by atoms with van der Waals surface area (Å²) in [6.45, 7) is 3.24. The summed E-state index contributed by atoms with van der Waals surface area (Å²) in [5, 5.41) is 22.0. The van der Waals surface area contributed by atoms with Crippen molar-refractivity contribution in [1.29, 1.82) is 0 Å². The minimum Gasteiger partial charge on any atom is -0.476 e. The van der Waals surface area contributed by atoms with Crippen LogP contribution in [0.2, 0.25) is 0 Å². The first-order chi connectivity index (χ1) is 18.8. The Labute approximate surface area is 231 Å². The van der Waals surface area contributed by atoms with Crippen molar-refractivity contribution in [3.63, 3.8) is 0 Å². The van der Waals surface area contributed by atoms with Crippen LogP contribution in [0, 0.1) is 11.2 Å². The van der Waals surface area contributed by atoms with E-state index in [4.69, 9.17) is 4.74 Å². The second-order valence-electron chi connectivity index (χ2n) is 10.4. The van der Waals surface area contributed by atoms with E-state index in [2.05, 4.69) is 30.9 Å². The molecule has 2 aliphatic rings. The monoisotopic (exact) mass is 555 g/mol. The molecule has 1 amide bonds. The molecule has 1 saturated heterocycles. The van der Waals surface area contributed by atoms with Gasteiger partial charge >= 0.3 is 0 Å². The molecule has 0 unspecified atom stereocenters. The number of ether oxygens (including phenoxy) is 1. The van der Waals surface area contributed by atoms with Gasteiger partial charge in [0.2, 0.25) is 11.8 Å². The van der Waals surface area contributed by atoms with E-state index in [0.717, 1.165) is 11.9 Å². The number of amides is 1. The SMILES string of the molecule is CN(C)CCOc1ccc2ccc(F)c(CC[C@]3(CNCc4cnc5c(n4)NC(=O)CS5)CNC[C@H]3O)c2n1. The number of likely N-dealkylation sites (N-methyl/N-ethyl adjacent to an activating group) is 1. The van der Waals surface area contributed by atoms with E-state index in [1.807, 2.05) is 31.1 Å². The normalized spacial score (nSPS) is 20.8. The van der Waals surface area contributed by atoms with Crippen LogP contribution in [0.25, 0.3) is 10.9 Å². The van der Waals surface area contributed by atoms with Crippen molar-refractivity contribution in [3.05, 3.63) is 47.5 Å². The van der Waals surface area contributed by atoms with Crippen molar-refractivity contribution in [2.24, 2.45) is 5.41 Å². The van der Waals surface area contributed by atoms with Crippen LogP contribution < -0.4 is 20.7 Å². The lowest BCUT2D eigenvalue weighted by molar-refractivity contribution is -0.113. The molecule has 2 aromatic heterocycles. The summed E-state index contributed by atoms with van der Waals surface area (Å²) in [5.74, 6) is 0.888. The first-order valence-corrected chi connectivity index (χ1v) is 14.1. The Morgan fingerprint density at radius 3 is 2.92 bits per heavy atom. The zero-order chi connectivity index (χ0) is 27.4. The smallest absolute Gasteiger partial charge is 0.236 e. The van der Waals surface area contributed by atoms with Gasteiger partial charge in [0.05, 0.1) is 29.3 Å². The van der Waals surface area contributed by atoms with Gasteiger partial charge < -0.3 is 30.7 Å². The van der Waals surface area contributed by atoms with Gasteiger partial charge in [-0.15, -0.1) is 0 Å². The molecule has 208 valence electrons. The molecular formula is C27H34FN7O3S. The third kappa shape index (κ3) is 6.47. The second kappa shape index (κ2) is 12.1. The number of aliphatic hydroxyl groups excluding tert-OH is 1. The van der Waals surface area contributed by atoms with Gasteiger partial charge in [0.25, 0.3) is 0 Å². The number of β-amino-alcohol motifs (C(OH)–C–C–N with tert-alkyl or cyclic N) is 1. The largest absolute Gasteiger partial charge is 0.476 e.